The van der Waals surface area contributed by atoms with E-state index in [2.05, 4.69) is 5.32 Å². The molecule has 0 aromatic heterocycles. The zero-order valence-electron chi connectivity index (χ0n) is 19.6. The van der Waals surface area contributed by atoms with Crippen molar-refractivity contribution in [2.75, 3.05) is 13.2 Å². The summed E-state index contributed by atoms with van der Waals surface area (Å²) in [4.78, 5) is 27.8. The van der Waals surface area contributed by atoms with Gasteiger partial charge in [0.2, 0.25) is 5.91 Å². The van der Waals surface area contributed by atoms with Crippen molar-refractivity contribution in [3.63, 3.8) is 0 Å². The van der Waals surface area contributed by atoms with Gasteiger partial charge in [0.1, 0.15) is 11.8 Å². The third kappa shape index (κ3) is 6.84. The van der Waals surface area contributed by atoms with Crippen LogP contribution in [0.1, 0.15) is 55.7 Å². The third-order valence-corrected chi connectivity index (χ3v) is 6.28. The predicted octanol–water partition coefficient (Wildman–Crippen LogP) is 4.59. The number of ether oxygens (including phenoxy) is 1. The summed E-state index contributed by atoms with van der Waals surface area (Å²) in [5.74, 6) is 0.447. The maximum absolute atomic E-state index is 13.2. The monoisotopic (exact) mass is 436 g/mol. The van der Waals surface area contributed by atoms with Crippen LogP contribution in [0.3, 0.4) is 0 Å². The molecule has 0 aliphatic heterocycles. The summed E-state index contributed by atoms with van der Waals surface area (Å²) in [5, 5.41) is 3.17. The largest absolute Gasteiger partial charge is 0.483 e. The van der Waals surface area contributed by atoms with E-state index in [0.29, 0.717) is 18.7 Å². The highest BCUT2D eigenvalue weighted by atomic mass is 16.5. The molecule has 2 aromatic rings. The van der Waals surface area contributed by atoms with Crippen LogP contribution in [0.25, 0.3) is 0 Å². The van der Waals surface area contributed by atoms with Crippen molar-refractivity contribution in [2.45, 2.75) is 71.4 Å². The zero-order chi connectivity index (χ0) is 22.9. The average Bonchev–Trinajstić information content (AvgIpc) is 2.80. The van der Waals surface area contributed by atoms with Crippen LogP contribution >= 0.6 is 0 Å². The molecule has 1 unspecified atom stereocenters. The number of nitrogens with one attached hydrogen (secondary N) is 1. The molecule has 1 fully saturated rings. The Morgan fingerprint density at radius 3 is 2.47 bits per heavy atom. The molecular weight excluding hydrogens is 400 g/mol. The molecule has 2 amide bonds. The fraction of sp³-hybridized carbons (Fsp3) is 0.481. The van der Waals surface area contributed by atoms with Gasteiger partial charge in [-0.2, -0.15) is 0 Å². The molecule has 1 atom stereocenters. The highest BCUT2D eigenvalue weighted by molar-refractivity contribution is 5.88. The number of rotatable bonds is 9. The maximum atomic E-state index is 13.2. The Hall–Kier alpha value is -2.82. The van der Waals surface area contributed by atoms with Crippen LogP contribution in [0, 0.1) is 13.8 Å². The molecule has 172 valence electrons. The number of benzene rings is 2. The number of nitrogens with zero attached hydrogens (tertiary/aromatic N) is 1. The molecule has 1 aliphatic rings. The van der Waals surface area contributed by atoms with E-state index < -0.39 is 6.04 Å². The normalized spacial score (nSPS) is 15.1. The standard InChI is InChI=1S/C27H36N2O3/c1-20-14-15-25(21(2)18-20)32-19-26(30)29(17-16-23-10-6-4-7-11-23)22(3)27(31)28-24-12-8-5-9-13-24/h4,6-7,10-11,14-15,18,22,24H,5,8-9,12-13,16-17,19H2,1-3H3,(H,28,31). The lowest BCUT2D eigenvalue weighted by Gasteiger charge is -2.31. The van der Waals surface area contributed by atoms with Crippen LogP contribution in [0.2, 0.25) is 0 Å². The molecule has 1 N–H and O–H groups in total. The fourth-order valence-corrected chi connectivity index (χ4v) is 4.32. The molecule has 0 spiro atoms. The number of amides is 2. The molecule has 3 rings (SSSR count). The van der Waals surface area contributed by atoms with Gasteiger partial charge in [0.15, 0.2) is 6.61 Å². The van der Waals surface area contributed by atoms with Gasteiger partial charge >= 0.3 is 0 Å². The van der Waals surface area contributed by atoms with E-state index in [1.54, 1.807) is 4.90 Å². The summed E-state index contributed by atoms with van der Waals surface area (Å²) in [6.45, 7) is 6.20. The van der Waals surface area contributed by atoms with Gasteiger partial charge in [0, 0.05) is 12.6 Å². The second-order valence-corrected chi connectivity index (χ2v) is 8.90. The lowest BCUT2D eigenvalue weighted by atomic mass is 9.95. The van der Waals surface area contributed by atoms with E-state index in [4.69, 9.17) is 4.74 Å². The minimum atomic E-state index is -0.546. The summed E-state index contributed by atoms with van der Waals surface area (Å²) in [6.07, 6.45) is 6.27. The highest BCUT2D eigenvalue weighted by Gasteiger charge is 2.28. The molecule has 1 saturated carbocycles. The minimum Gasteiger partial charge on any atom is -0.483 e. The molecule has 5 heteroatoms. The number of hydrogen-bond acceptors (Lipinski definition) is 3. The van der Waals surface area contributed by atoms with Gasteiger partial charge in [-0.3, -0.25) is 9.59 Å². The smallest absolute Gasteiger partial charge is 0.261 e. The maximum Gasteiger partial charge on any atom is 0.261 e. The Labute approximate surface area is 192 Å². The van der Waals surface area contributed by atoms with Gasteiger partial charge in [-0.25, -0.2) is 0 Å². The molecule has 32 heavy (non-hydrogen) atoms. The van der Waals surface area contributed by atoms with E-state index in [1.807, 2.05) is 69.3 Å². The molecule has 2 aromatic carbocycles. The topological polar surface area (TPSA) is 58.6 Å². The van der Waals surface area contributed by atoms with Crippen molar-refractivity contribution in [3.05, 3.63) is 65.2 Å². The van der Waals surface area contributed by atoms with Crippen molar-refractivity contribution in [1.29, 1.82) is 0 Å². The highest BCUT2D eigenvalue weighted by Crippen LogP contribution is 2.20. The van der Waals surface area contributed by atoms with E-state index in [0.717, 1.165) is 42.4 Å². The molecule has 0 bridgehead atoms. The van der Waals surface area contributed by atoms with E-state index >= 15 is 0 Å². The number of carbonyl (C=O) groups excluding carboxylic acids is 2. The van der Waals surface area contributed by atoms with Crippen LogP contribution in [0.15, 0.2) is 48.5 Å². The first-order valence-corrected chi connectivity index (χ1v) is 11.8. The van der Waals surface area contributed by atoms with Gasteiger partial charge in [0.05, 0.1) is 0 Å². The zero-order valence-corrected chi connectivity index (χ0v) is 19.6. The van der Waals surface area contributed by atoms with Gasteiger partial charge in [-0.05, 0) is 57.2 Å². The van der Waals surface area contributed by atoms with Gasteiger partial charge < -0.3 is 15.0 Å². The summed E-state index contributed by atoms with van der Waals surface area (Å²) >= 11 is 0. The van der Waals surface area contributed by atoms with Crippen molar-refractivity contribution in [3.8, 4) is 5.75 Å². The molecule has 1 aliphatic carbocycles. The number of hydrogen-bond donors (Lipinski definition) is 1. The Kier molecular flexibility index (Phi) is 8.72. The lowest BCUT2D eigenvalue weighted by molar-refractivity contribution is -0.141. The van der Waals surface area contributed by atoms with Gasteiger partial charge in [-0.1, -0.05) is 67.3 Å². The van der Waals surface area contributed by atoms with Crippen LogP contribution in [-0.4, -0.2) is 41.9 Å². The molecule has 0 radical (unpaired) electrons. The summed E-state index contributed by atoms with van der Waals surface area (Å²) in [7, 11) is 0. The van der Waals surface area contributed by atoms with Crippen molar-refractivity contribution < 1.29 is 14.3 Å². The van der Waals surface area contributed by atoms with Crippen LogP contribution in [-0.2, 0) is 16.0 Å². The first kappa shape index (κ1) is 23.8. The number of carbonyl (C=O) groups is 2. The first-order chi connectivity index (χ1) is 15.4. The quantitative estimate of drug-likeness (QED) is 0.625. The Morgan fingerprint density at radius 1 is 1.06 bits per heavy atom. The van der Waals surface area contributed by atoms with Gasteiger partial charge in [0.25, 0.3) is 5.91 Å². The summed E-state index contributed by atoms with van der Waals surface area (Å²) in [5.41, 5.74) is 3.29. The minimum absolute atomic E-state index is 0.0789. The fourth-order valence-electron chi connectivity index (χ4n) is 4.32. The SMILES string of the molecule is Cc1ccc(OCC(=O)N(CCc2ccccc2)C(C)C(=O)NC2CCCCC2)c(C)c1. The summed E-state index contributed by atoms with van der Waals surface area (Å²) < 4.78 is 5.84. The lowest BCUT2D eigenvalue weighted by Crippen LogP contribution is -2.52. The molecule has 0 saturated heterocycles. The van der Waals surface area contributed by atoms with E-state index in [1.165, 1.54) is 6.42 Å². The second kappa shape index (κ2) is 11.7. The summed E-state index contributed by atoms with van der Waals surface area (Å²) in [6, 6.07) is 15.6. The van der Waals surface area contributed by atoms with Crippen molar-refractivity contribution >= 4 is 11.8 Å². The Bertz CT molecular complexity index is 891. The Balaban J connectivity index is 1.66. The predicted molar refractivity (Wildman–Crippen MR) is 128 cm³/mol. The van der Waals surface area contributed by atoms with Crippen LogP contribution in [0.5, 0.6) is 5.75 Å². The third-order valence-electron chi connectivity index (χ3n) is 6.28. The van der Waals surface area contributed by atoms with Gasteiger partial charge in [-0.15, -0.1) is 0 Å². The average molecular weight is 437 g/mol. The second-order valence-electron chi connectivity index (χ2n) is 8.90. The number of aryl methyl sites for hydroxylation is 2. The van der Waals surface area contributed by atoms with E-state index in [9.17, 15) is 9.59 Å². The van der Waals surface area contributed by atoms with Crippen LogP contribution in [0.4, 0.5) is 0 Å². The van der Waals surface area contributed by atoms with Crippen LogP contribution < -0.4 is 10.1 Å². The first-order valence-electron chi connectivity index (χ1n) is 11.8. The molecule has 5 nitrogen and oxygen atoms in total. The van der Waals surface area contributed by atoms with Crippen molar-refractivity contribution in [2.24, 2.45) is 0 Å². The molecular formula is C27H36N2O3. The van der Waals surface area contributed by atoms with E-state index in [-0.39, 0.29) is 24.5 Å². The van der Waals surface area contributed by atoms with Crippen molar-refractivity contribution in [1.82, 2.24) is 10.2 Å². The molecule has 0 heterocycles. The Morgan fingerprint density at radius 2 is 1.78 bits per heavy atom.